The van der Waals surface area contributed by atoms with E-state index in [4.69, 9.17) is 16.3 Å². The van der Waals surface area contributed by atoms with Gasteiger partial charge in [-0.05, 0) is 48.0 Å². The third kappa shape index (κ3) is 4.86. The molecule has 1 aliphatic rings. The normalized spacial score (nSPS) is 13.6. The van der Waals surface area contributed by atoms with Crippen LogP contribution >= 0.6 is 11.6 Å². The topological polar surface area (TPSA) is 61.9 Å². The second-order valence-corrected chi connectivity index (χ2v) is 7.93. The van der Waals surface area contributed by atoms with Gasteiger partial charge in [0, 0.05) is 48.0 Å². The van der Waals surface area contributed by atoms with E-state index in [1.54, 1.807) is 41.2 Å². The zero-order valence-electron chi connectivity index (χ0n) is 17.8. The van der Waals surface area contributed by atoms with Gasteiger partial charge in [-0.2, -0.15) is 0 Å². The van der Waals surface area contributed by atoms with Crippen molar-refractivity contribution in [3.8, 4) is 16.9 Å². The maximum Gasteiger partial charge on any atom is 0.321 e. The first-order valence-electron chi connectivity index (χ1n) is 10.4. The van der Waals surface area contributed by atoms with E-state index in [-0.39, 0.29) is 11.9 Å². The Morgan fingerprint density at radius 3 is 2.28 bits per heavy atom. The molecule has 32 heavy (non-hydrogen) atoms. The average molecular weight is 450 g/mol. The molecule has 4 rings (SSSR count). The van der Waals surface area contributed by atoms with Crippen LogP contribution in [0.3, 0.4) is 0 Å². The summed E-state index contributed by atoms with van der Waals surface area (Å²) < 4.78 is 5.45. The maximum absolute atomic E-state index is 13.1. The summed E-state index contributed by atoms with van der Waals surface area (Å²) in [7, 11) is 1.64. The summed E-state index contributed by atoms with van der Waals surface area (Å²) in [5.74, 6) is 0.719. The quantitative estimate of drug-likeness (QED) is 0.609. The van der Waals surface area contributed by atoms with E-state index >= 15 is 0 Å². The third-order valence-corrected chi connectivity index (χ3v) is 5.73. The minimum absolute atomic E-state index is 0.0421. The Hall–Kier alpha value is -3.51. The number of hydrogen-bond acceptors (Lipinski definition) is 3. The molecule has 1 aliphatic heterocycles. The molecule has 0 atom stereocenters. The summed E-state index contributed by atoms with van der Waals surface area (Å²) >= 11 is 5.89. The van der Waals surface area contributed by atoms with Crippen molar-refractivity contribution in [1.29, 1.82) is 0 Å². The van der Waals surface area contributed by atoms with Crippen molar-refractivity contribution in [1.82, 2.24) is 9.80 Å². The van der Waals surface area contributed by atoms with Crippen molar-refractivity contribution in [2.75, 3.05) is 38.6 Å². The van der Waals surface area contributed by atoms with Gasteiger partial charge in [0.1, 0.15) is 5.75 Å². The predicted octanol–water partition coefficient (Wildman–Crippen LogP) is 5.01. The molecule has 3 aromatic rings. The van der Waals surface area contributed by atoms with Gasteiger partial charge in [-0.15, -0.1) is 0 Å². The minimum Gasteiger partial charge on any atom is -0.496 e. The Balaban J connectivity index is 1.39. The summed E-state index contributed by atoms with van der Waals surface area (Å²) in [5, 5.41) is 3.48. The first kappa shape index (κ1) is 21.7. The van der Waals surface area contributed by atoms with Gasteiger partial charge in [0.05, 0.1) is 7.11 Å². The van der Waals surface area contributed by atoms with Crippen LogP contribution in [0.1, 0.15) is 10.4 Å². The summed E-state index contributed by atoms with van der Waals surface area (Å²) in [4.78, 5) is 29.1. The fraction of sp³-hybridized carbons (Fsp3) is 0.200. The number of halogens is 1. The Bertz CT molecular complexity index is 1110. The summed E-state index contributed by atoms with van der Waals surface area (Å²) in [5.41, 5.74) is 3.17. The standard InChI is InChI=1S/C25H24ClN3O3/c1-32-23-8-3-2-7-22(23)18-5-4-6-19(17-18)24(30)28-13-15-29(16-14-28)25(31)27-21-11-9-20(26)10-12-21/h2-12,17H,13-16H2,1H3,(H,27,31). The number of amides is 3. The number of ether oxygens (including phenoxy) is 1. The molecule has 1 N–H and O–H groups in total. The van der Waals surface area contributed by atoms with Gasteiger partial charge in [0.15, 0.2) is 0 Å². The molecule has 1 fully saturated rings. The highest BCUT2D eigenvalue weighted by Crippen LogP contribution is 2.30. The lowest BCUT2D eigenvalue weighted by Crippen LogP contribution is -2.51. The zero-order valence-corrected chi connectivity index (χ0v) is 18.5. The molecule has 0 unspecified atom stereocenters. The fourth-order valence-corrected chi connectivity index (χ4v) is 3.86. The zero-order chi connectivity index (χ0) is 22.5. The summed E-state index contributed by atoms with van der Waals surface area (Å²) in [6, 6.07) is 22.1. The molecule has 1 saturated heterocycles. The predicted molar refractivity (Wildman–Crippen MR) is 126 cm³/mol. The van der Waals surface area contributed by atoms with E-state index < -0.39 is 0 Å². The van der Waals surface area contributed by atoms with Gasteiger partial charge in [0.25, 0.3) is 5.91 Å². The molecule has 1 heterocycles. The smallest absolute Gasteiger partial charge is 0.321 e. The third-order valence-electron chi connectivity index (χ3n) is 5.48. The van der Waals surface area contributed by atoms with Crippen LogP contribution in [0.2, 0.25) is 5.02 Å². The number of anilines is 1. The number of benzene rings is 3. The molecule has 6 nitrogen and oxygen atoms in total. The molecular weight excluding hydrogens is 426 g/mol. The molecule has 0 bridgehead atoms. The van der Waals surface area contributed by atoms with Crippen molar-refractivity contribution in [3.05, 3.63) is 83.4 Å². The van der Waals surface area contributed by atoms with Gasteiger partial charge in [-0.25, -0.2) is 4.79 Å². The molecule has 7 heteroatoms. The van der Waals surface area contributed by atoms with E-state index in [2.05, 4.69) is 5.32 Å². The number of nitrogens with zero attached hydrogens (tertiary/aromatic N) is 2. The van der Waals surface area contributed by atoms with Gasteiger partial charge < -0.3 is 19.9 Å². The first-order chi connectivity index (χ1) is 15.5. The second-order valence-electron chi connectivity index (χ2n) is 7.50. The monoisotopic (exact) mass is 449 g/mol. The van der Waals surface area contributed by atoms with Gasteiger partial charge in [0.2, 0.25) is 0 Å². The van der Waals surface area contributed by atoms with E-state index in [1.807, 2.05) is 48.5 Å². The Morgan fingerprint density at radius 1 is 0.875 bits per heavy atom. The number of hydrogen-bond donors (Lipinski definition) is 1. The molecule has 0 radical (unpaired) electrons. The van der Waals surface area contributed by atoms with E-state index in [0.717, 1.165) is 16.9 Å². The molecule has 0 spiro atoms. The number of rotatable bonds is 4. The largest absolute Gasteiger partial charge is 0.496 e. The van der Waals surface area contributed by atoms with Crippen LogP contribution in [0.5, 0.6) is 5.75 Å². The van der Waals surface area contributed by atoms with Gasteiger partial charge in [-0.3, -0.25) is 4.79 Å². The van der Waals surface area contributed by atoms with Crippen molar-refractivity contribution >= 4 is 29.2 Å². The average Bonchev–Trinajstić information content (AvgIpc) is 2.85. The number of para-hydroxylation sites is 1. The molecule has 164 valence electrons. The molecular formula is C25H24ClN3O3. The number of nitrogens with one attached hydrogen (secondary N) is 1. The van der Waals surface area contributed by atoms with Crippen LogP contribution in [-0.4, -0.2) is 55.0 Å². The molecule has 3 aromatic carbocycles. The highest BCUT2D eigenvalue weighted by molar-refractivity contribution is 6.30. The number of carbonyl (C=O) groups excluding carboxylic acids is 2. The van der Waals surface area contributed by atoms with Crippen molar-refractivity contribution in [2.24, 2.45) is 0 Å². The first-order valence-corrected chi connectivity index (χ1v) is 10.8. The van der Waals surface area contributed by atoms with E-state index in [1.165, 1.54) is 0 Å². The van der Waals surface area contributed by atoms with Gasteiger partial charge in [-0.1, -0.05) is 41.9 Å². The molecule has 3 amide bonds. The second kappa shape index (κ2) is 9.75. The van der Waals surface area contributed by atoms with Crippen LogP contribution in [0.25, 0.3) is 11.1 Å². The van der Waals surface area contributed by atoms with Crippen molar-refractivity contribution < 1.29 is 14.3 Å². The van der Waals surface area contributed by atoms with E-state index in [0.29, 0.717) is 42.5 Å². The van der Waals surface area contributed by atoms with Gasteiger partial charge >= 0.3 is 6.03 Å². The van der Waals surface area contributed by atoms with Crippen LogP contribution in [0, 0.1) is 0 Å². The number of piperazine rings is 1. The minimum atomic E-state index is -0.183. The van der Waals surface area contributed by atoms with E-state index in [9.17, 15) is 9.59 Å². The highest BCUT2D eigenvalue weighted by Gasteiger charge is 2.25. The fourth-order valence-electron chi connectivity index (χ4n) is 3.73. The van der Waals surface area contributed by atoms with Crippen LogP contribution in [0.4, 0.5) is 10.5 Å². The number of urea groups is 1. The Kier molecular flexibility index (Phi) is 6.61. The lowest BCUT2D eigenvalue weighted by atomic mass is 10.0. The highest BCUT2D eigenvalue weighted by atomic mass is 35.5. The lowest BCUT2D eigenvalue weighted by molar-refractivity contribution is 0.0671. The Labute approximate surface area is 192 Å². The van der Waals surface area contributed by atoms with Crippen LogP contribution in [0.15, 0.2) is 72.8 Å². The lowest BCUT2D eigenvalue weighted by Gasteiger charge is -2.34. The number of carbonyl (C=O) groups is 2. The summed E-state index contributed by atoms with van der Waals surface area (Å²) in [6.07, 6.45) is 0. The maximum atomic E-state index is 13.1. The summed E-state index contributed by atoms with van der Waals surface area (Å²) in [6.45, 7) is 1.90. The van der Waals surface area contributed by atoms with Crippen molar-refractivity contribution in [2.45, 2.75) is 0 Å². The van der Waals surface area contributed by atoms with Crippen LogP contribution in [-0.2, 0) is 0 Å². The molecule has 0 aliphatic carbocycles. The molecule has 0 aromatic heterocycles. The molecule has 0 saturated carbocycles. The Morgan fingerprint density at radius 2 is 1.56 bits per heavy atom. The van der Waals surface area contributed by atoms with Crippen molar-refractivity contribution in [3.63, 3.8) is 0 Å². The van der Waals surface area contributed by atoms with Crippen LogP contribution < -0.4 is 10.1 Å². The number of methoxy groups -OCH3 is 1. The SMILES string of the molecule is COc1ccccc1-c1cccc(C(=O)N2CCN(C(=O)Nc3ccc(Cl)cc3)CC2)c1.